The van der Waals surface area contributed by atoms with E-state index in [2.05, 4.69) is 5.10 Å². The number of nitrogen functional groups attached to an aromatic ring is 1. The second kappa shape index (κ2) is 3.84. The third kappa shape index (κ3) is 1.60. The monoisotopic (exact) mass is 221 g/mol. The number of benzene rings is 1. The van der Waals surface area contributed by atoms with Gasteiger partial charge in [0, 0.05) is 18.2 Å². The number of aromatic hydroxyl groups is 1. The van der Waals surface area contributed by atoms with Crippen molar-refractivity contribution in [3.63, 3.8) is 0 Å². The van der Waals surface area contributed by atoms with E-state index in [0.29, 0.717) is 22.5 Å². The van der Waals surface area contributed by atoms with Gasteiger partial charge in [0.1, 0.15) is 18.2 Å². The Labute approximate surface area is 92.1 Å². The molecule has 1 aromatic carbocycles. The molecule has 2 aromatic rings. The Bertz CT molecular complexity index is 522. The average Bonchev–Trinajstić information content (AvgIpc) is 2.61. The SMILES string of the molecule is Cn1ncc(-c2cc(CF)ccc2O)c1N. The number of phenols is 1. The zero-order chi connectivity index (χ0) is 11.7. The van der Waals surface area contributed by atoms with E-state index in [9.17, 15) is 9.50 Å². The van der Waals surface area contributed by atoms with Crippen LogP contribution in [0.4, 0.5) is 10.2 Å². The van der Waals surface area contributed by atoms with E-state index in [4.69, 9.17) is 5.73 Å². The molecule has 0 amide bonds. The highest BCUT2D eigenvalue weighted by atomic mass is 19.1. The number of aryl methyl sites for hydroxylation is 1. The molecule has 3 N–H and O–H groups in total. The maximum absolute atomic E-state index is 12.5. The van der Waals surface area contributed by atoms with Crippen molar-refractivity contribution in [1.82, 2.24) is 9.78 Å². The second-order valence-electron chi connectivity index (χ2n) is 3.55. The average molecular weight is 221 g/mol. The van der Waals surface area contributed by atoms with Gasteiger partial charge in [0.15, 0.2) is 0 Å². The lowest BCUT2D eigenvalue weighted by Gasteiger charge is -2.05. The fourth-order valence-electron chi connectivity index (χ4n) is 1.54. The first-order valence-corrected chi connectivity index (χ1v) is 4.79. The van der Waals surface area contributed by atoms with Crippen molar-refractivity contribution in [2.24, 2.45) is 7.05 Å². The summed E-state index contributed by atoms with van der Waals surface area (Å²) in [7, 11) is 1.70. The normalized spacial score (nSPS) is 10.6. The summed E-state index contributed by atoms with van der Waals surface area (Å²) in [4.78, 5) is 0. The van der Waals surface area contributed by atoms with Crippen LogP contribution >= 0.6 is 0 Å². The van der Waals surface area contributed by atoms with Crippen LogP contribution in [0.3, 0.4) is 0 Å². The lowest BCUT2D eigenvalue weighted by molar-refractivity contribution is 0.472. The van der Waals surface area contributed by atoms with Crippen molar-refractivity contribution in [1.29, 1.82) is 0 Å². The van der Waals surface area contributed by atoms with Crippen LogP contribution in [0.2, 0.25) is 0 Å². The van der Waals surface area contributed by atoms with Gasteiger partial charge in [-0.2, -0.15) is 5.10 Å². The van der Waals surface area contributed by atoms with Crippen molar-refractivity contribution in [3.8, 4) is 16.9 Å². The Morgan fingerprint density at radius 1 is 1.44 bits per heavy atom. The molecule has 0 saturated heterocycles. The summed E-state index contributed by atoms with van der Waals surface area (Å²) in [6.45, 7) is -0.576. The fraction of sp³-hybridized carbons (Fsp3) is 0.182. The molecule has 0 saturated carbocycles. The van der Waals surface area contributed by atoms with Crippen molar-refractivity contribution < 1.29 is 9.50 Å². The molecule has 0 radical (unpaired) electrons. The largest absolute Gasteiger partial charge is 0.507 e. The molecule has 0 aliphatic rings. The molecule has 1 aromatic heterocycles. The predicted octanol–water partition coefficient (Wildman–Crippen LogP) is 1.84. The van der Waals surface area contributed by atoms with E-state index < -0.39 is 6.67 Å². The van der Waals surface area contributed by atoms with Crippen molar-refractivity contribution in [2.75, 3.05) is 5.73 Å². The number of anilines is 1. The number of hydrogen-bond donors (Lipinski definition) is 2. The summed E-state index contributed by atoms with van der Waals surface area (Å²) in [5.74, 6) is 0.503. The molecule has 2 rings (SSSR count). The topological polar surface area (TPSA) is 64.1 Å². The van der Waals surface area contributed by atoms with Gasteiger partial charge < -0.3 is 10.8 Å². The fourth-order valence-corrected chi connectivity index (χ4v) is 1.54. The van der Waals surface area contributed by atoms with Gasteiger partial charge in [-0.1, -0.05) is 6.07 Å². The number of nitrogens with zero attached hydrogens (tertiary/aromatic N) is 2. The molecular formula is C11H12FN3O. The van der Waals surface area contributed by atoms with Gasteiger partial charge in [-0.3, -0.25) is 4.68 Å². The summed E-state index contributed by atoms with van der Waals surface area (Å²) >= 11 is 0. The first-order valence-electron chi connectivity index (χ1n) is 4.79. The van der Waals surface area contributed by atoms with Crippen LogP contribution in [0.1, 0.15) is 5.56 Å². The third-order valence-corrected chi connectivity index (χ3v) is 2.49. The Kier molecular flexibility index (Phi) is 2.52. The van der Waals surface area contributed by atoms with Gasteiger partial charge >= 0.3 is 0 Å². The molecule has 0 bridgehead atoms. The van der Waals surface area contributed by atoms with Gasteiger partial charge in [-0.05, 0) is 17.7 Å². The van der Waals surface area contributed by atoms with E-state index in [1.165, 1.54) is 16.8 Å². The molecule has 0 atom stereocenters. The van der Waals surface area contributed by atoms with E-state index in [1.54, 1.807) is 19.3 Å². The third-order valence-electron chi connectivity index (χ3n) is 2.49. The number of nitrogens with two attached hydrogens (primary N) is 1. The van der Waals surface area contributed by atoms with Gasteiger partial charge in [0.2, 0.25) is 0 Å². The molecule has 0 aliphatic carbocycles. The minimum atomic E-state index is -0.576. The molecule has 0 spiro atoms. The van der Waals surface area contributed by atoms with Crippen LogP contribution in [0.25, 0.3) is 11.1 Å². The number of rotatable bonds is 2. The van der Waals surface area contributed by atoms with Crippen molar-refractivity contribution >= 4 is 5.82 Å². The van der Waals surface area contributed by atoms with Gasteiger partial charge in [0.05, 0.1) is 6.20 Å². The molecule has 1 heterocycles. The number of aromatic nitrogens is 2. The first-order chi connectivity index (χ1) is 7.63. The lowest BCUT2D eigenvalue weighted by atomic mass is 10.0. The first kappa shape index (κ1) is 10.5. The molecule has 0 fully saturated rings. The lowest BCUT2D eigenvalue weighted by Crippen LogP contribution is -1.98. The maximum Gasteiger partial charge on any atom is 0.129 e. The Morgan fingerprint density at radius 3 is 2.75 bits per heavy atom. The van der Waals surface area contributed by atoms with E-state index in [0.717, 1.165) is 0 Å². The van der Waals surface area contributed by atoms with Crippen molar-refractivity contribution in [3.05, 3.63) is 30.0 Å². The zero-order valence-electron chi connectivity index (χ0n) is 8.81. The Balaban J connectivity index is 2.59. The minimum absolute atomic E-state index is 0.0666. The van der Waals surface area contributed by atoms with Crippen LogP contribution < -0.4 is 5.73 Å². The summed E-state index contributed by atoms with van der Waals surface area (Å²) < 4.78 is 14.0. The van der Waals surface area contributed by atoms with Crippen LogP contribution in [0, 0.1) is 0 Å². The maximum atomic E-state index is 12.5. The minimum Gasteiger partial charge on any atom is -0.507 e. The molecule has 0 unspecified atom stereocenters. The smallest absolute Gasteiger partial charge is 0.129 e. The highest BCUT2D eigenvalue weighted by molar-refractivity contribution is 5.78. The van der Waals surface area contributed by atoms with Crippen LogP contribution in [0.15, 0.2) is 24.4 Å². The number of halogens is 1. The van der Waals surface area contributed by atoms with Crippen LogP contribution in [0.5, 0.6) is 5.75 Å². The van der Waals surface area contributed by atoms with Crippen LogP contribution in [-0.2, 0) is 13.7 Å². The highest BCUT2D eigenvalue weighted by Crippen LogP contribution is 2.33. The number of alkyl halides is 1. The summed E-state index contributed by atoms with van der Waals surface area (Å²) in [6, 6.07) is 4.56. The second-order valence-corrected chi connectivity index (χ2v) is 3.55. The van der Waals surface area contributed by atoms with E-state index in [1.807, 2.05) is 0 Å². The van der Waals surface area contributed by atoms with E-state index in [-0.39, 0.29) is 5.75 Å². The van der Waals surface area contributed by atoms with Gasteiger partial charge in [0.25, 0.3) is 0 Å². The molecule has 16 heavy (non-hydrogen) atoms. The molecule has 5 heteroatoms. The van der Waals surface area contributed by atoms with Gasteiger partial charge in [-0.25, -0.2) is 4.39 Å². The standard InChI is InChI=1S/C11H12FN3O/c1-15-11(13)9(6-14-15)8-4-7(5-12)2-3-10(8)16/h2-4,6,16H,5,13H2,1H3. The zero-order valence-corrected chi connectivity index (χ0v) is 8.81. The number of hydrogen-bond acceptors (Lipinski definition) is 3. The van der Waals surface area contributed by atoms with Gasteiger partial charge in [-0.15, -0.1) is 0 Å². The Morgan fingerprint density at radius 2 is 2.19 bits per heavy atom. The molecule has 4 nitrogen and oxygen atoms in total. The molecular weight excluding hydrogens is 209 g/mol. The molecule has 84 valence electrons. The number of phenolic OH excluding ortho intramolecular Hbond substituents is 1. The summed E-state index contributed by atoms with van der Waals surface area (Å²) in [5.41, 5.74) is 7.39. The quantitative estimate of drug-likeness (QED) is 0.813. The summed E-state index contributed by atoms with van der Waals surface area (Å²) in [6.07, 6.45) is 1.55. The predicted molar refractivity (Wildman–Crippen MR) is 59.5 cm³/mol. The highest BCUT2D eigenvalue weighted by Gasteiger charge is 2.12. The summed E-state index contributed by atoms with van der Waals surface area (Å²) in [5, 5.41) is 13.7. The molecule has 0 aliphatic heterocycles. The van der Waals surface area contributed by atoms with Crippen LogP contribution in [-0.4, -0.2) is 14.9 Å². The van der Waals surface area contributed by atoms with Crippen molar-refractivity contribution in [2.45, 2.75) is 6.67 Å². The van der Waals surface area contributed by atoms with E-state index >= 15 is 0 Å². The Hall–Kier alpha value is -2.04.